The van der Waals surface area contributed by atoms with Gasteiger partial charge in [0.1, 0.15) is 24.4 Å². The Morgan fingerprint density at radius 3 is 1.60 bits per heavy atom. The predicted molar refractivity (Wildman–Crippen MR) is 163 cm³/mol. The largest absolute Gasteiger partial charge is 0.374 e. The average molecular weight is 582 g/mol. The number of benzene rings is 4. The highest BCUT2D eigenvalue weighted by Gasteiger charge is 2.50. The number of aliphatic hydroxyl groups is 1. The highest BCUT2D eigenvalue weighted by Crippen LogP contribution is 2.31. The van der Waals surface area contributed by atoms with E-state index in [1.54, 1.807) is 4.90 Å². The first kappa shape index (κ1) is 30.6. The average Bonchev–Trinajstić information content (AvgIpc) is 3.04. The van der Waals surface area contributed by atoms with E-state index in [1.165, 1.54) is 6.92 Å². The van der Waals surface area contributed by atoms with Gasteiger partial charge in [-0.15, -0.1) is 0 Å². The molecule has 0 saturated carbocycles. The second-order valence-electron chi connectivity index (χ2n) is 10.7. The number of rotatable bonds is 13. The summed E-state index contributed by atoms with van der Waals surface area (Å²) in [4.78, 5) is 14.8. The maximum atomic E-state index is 13.1. The molecule has 1 amide bonds. The SMILES string of the molecule is CC(=O)N(Cc1ccccc1)[C@H]1C(O)O[C@H](COCc2ccccc2)[C@@H](OCc2ccccc2)[C@@H]1OCc1ccccc1. The van der Waals surface area contributed by atoms with Crippen molar-refractivity contribution in [2.45, 2.75) is 63.9 Å². The second-order valence-corrected chi connectivity index (χ2v) is 10.7. The number of hydrogen-bond acceptors (Lipinski definition) is 6. The minimum Gasteiger partial charge on any atom is -0.374 e. The van der Waals surface area contributed by atoms with Crippen LogP contribution < -0.4 is 0 Å². The lowest BCUT2D eigenvalue weighted by molar-refractivity contribution is -0.293. The summed E-state index contributed by atoms with van der Waals surface area (Å²) in [5.74, 6) is -0.203. The number of carbonyl (C=O) groups excluding carboxylic acids is 1. The van der Waals surface area contributed by atoms with E-state index in [-0.39, 0.29) is 25.7 Å². The van der Waals surface area contributed by atoms with E-state index < -0.39 is 30.6 Å². The third kappa shape index (κ3) is 8.60. The van der Waals surface area contributed by atoms with Gasteiger partial charge >= 0.3 is 0 Å². The summed E-state index contributed by atoms with van der Waals surface area (Å²) >= 11 is 0. The van der Waals surface area contributed by atoms with E-state index in [4.69, 9.17) is 18.9 Å². The molecule has 1 heterocycles. The summed E-state index contributed by atoms with van der Waals surface area (Å²) in [7, 11) is 0. The zero-order chi connectivity index (χ0) is 29.9. The molecule has 7 heteroatoms. The smallest absolute Gasteiger partial charge is 0.220 e. The van der Waals surface area contributed by atoms with Crippen LogP contribution in [0.2, 0.25) is 0 Å². The lowest BCUT2D eigenvalue weighted by Crippen LogP contribution is -2.66. The van der Waals surface area contributed by atoms with Crippen LogP contribution in [0.1, 0.15) is 29.2 Å². The van der Waals surface area contributed by atoms with Crippen LogP contribution in [-0.2, 0) is 50.1 Å². The topological polar surface area (TPSA) is 77.5 Å². The van der Waals surface area contributed by atoms with Crippen molar-refractivity contribution in [2.75, 3.05) is 6.61 Å². The van der Waals surface area contributed by atoms with Crippen molar-refractivity contribution < 1.29 is 28.8 Å². The van der Waals surface area contributed by atoms with Gasteiger partial charge in [-0.05, 0) is 22.3 Å². The van der Waals surface area contributed by atoms with E-state index in [2.05, 4.69) is 0 Å². The van der Waals surface area contributed by atoms with E-state index in [0.29, 0.717) is 13.2 Å². The van der Waals surface area contributed by atoms with Gasteiger partial charge < -0.3 is 29.0 Å². The van der Waals surface area contributed by atoms with Crippen LogP contribution in [0.4, 0.5) is 0 Å². The van der Waals surface area contributed by atoms with Crippen molar-refractivity contribution in [3.05, 3.63) is 144 Å². The maximum Gasteiger partial charge on any atom is 0.220 e. The van der Waals surface area contributed by atoms with Crippen LogP contribution >= 0.6 is 0 Å². The van der Waals surface area contributed by atoms with Crippen LogP contribution in [0.25, 0.3) is 0 Å². The fourth-order valence-electron chi connectivity index (χ4n) is 5.37. The first-order chi connectivity index (χ1) is 21.1. The molecular weight excluding hydrogens is 542 g/mol. The molecule has 1 fully saturated rings. The molecule has 4 aromatic carbocycles. The molecule has 7 nitrogen and oxygen atoms in total. The van der Waals surface area contributed by atoms with Gasteiger partial charge in [0.2, 0.25) is 5.91 Å². The van der Waals surface area contributed by atoms with Gasteiger partial charge in [0, 0.05) is 13.5 Å². The van der Waals surface area contributed by atoms with Gasteiger partial charge in [0.15, 0.2) is 6.29 Å². The zero-order valence-electron chi connectivity index (χ0n) is 24.4. The molecule has 224 valence electrons. The van der Waals surface area contributed by atoms with E-state index >= 15 is 0 Å². The molecule has 1 aliphatic rings. The molecule has 1 unspecified atom stereocenters. The quantitative estimate of drug-likeness (QED) is 0.225. The standard InChI is InChI=1S/C36H39NO6/c1-27(38)37(22-28-14-6-2-7-15-28)33-35(42-25-31-20-12-5-13-21-31)34(41-24-30-18-10-4-11-19-30)32(43-36(33)39)26-40-23-29-16-8-3-9-17-29/h2-21,32-36,39H,22-26H2,1H3/t32-,33-,34-,35-,36?/m1/s1. The summed E-state index contributed by atoms with van der Waals surface area (Å²) in [6.45, 7) is 2.91. The van der Waals surface area contributed by atoms with Gasteiger partial charge in [0.25, 0.3) is 0 Å². The van der Waals surface area contributed by atoms with Crippen molar-refractivity contribution >= 4 is 5.91 Å². The third-order valence-corrected chi connectivity index (χ3v) is 7.56. The number of carbonyl (C=O) groups is 1. The second kappa shape index (κ2) is 15.6. The molecule has 1 aliphatic heterocycles. The first-order valence-corrected chi connectivity index (χ1v) is 14.7. The number of amides is 1. The van der Waals surface area contributed by atoms with Crippen molar-refractivity contribution in [3.63, 3.8) is 0 Å². The Morgan fingerprint density at radius 2 is 1.12 bits per heavy atom. The van der Waals surface area contributed by atoms with Crippen LogP contribution in [0.15, 0.2) is 121 Å². The fraction of sp³-hybridized carbons (Fsp3) is 0.306. The van der Waals surface area contributed by atoms with Crippen molar-refractivity contribution in [3.8, 4) is 0 Å². The van der Waals surface area contributed by atoms with Gasteiger partial charge in [-0.25, -0.2) is 0 Å². The molecular formula is C36H39NO6. The van der Waals surface area contributed by atoms with E-state index in [1.807, 2.05) is 121 Å². The highest BCUT2D eigenvalue weighted by molar-refractivity contribution is 5.73. The Kier molecular flexibility index (Phi) is 11.1. The number of nitrogens with zero attached hydrogens (tertiary/aromatic N) is 1. The molecule has 0 aromatic heterocycles. The minimum atomic E-state index is -1.32. The van der Waals surface area contributed by atoms with Crippen LogP contribution in [0, 0.1) is 0 Å². The molecule has 0 radical (unpaired) electrons. The van der Waals surface area contributed by atoms with E-state index in [9.17, 15) is 9.90 Å². The summed E-state index contributed by atoms with van der Waals surface area (Å²) < 4.78 is 25.5. The Morgan fingerprint density at radius 1 is 0.674 bits per heavy atom. The zero-order valence-corrected chi connectivity index (χ0v) is 24.4. The minimum absolute atomic E-state index is 0.169. The lowest BCUT2D eigenvalue weighted by Gasteiger charge is -2.48. The molecule has 0 aliphatic carbocycles. The van der Waals surface area contributed by atoms with Crippen molar-refractivity contribution in [1.82, 2.24) is 4.90 Å². The summed E-state index contributed by atoms with van der Waals surface area (Å²) in [5.41, 5.74) is 3.92. The Hall–Kier alpha value is -3.85. The predicted octanol–water partition coefficient (Wildman–Crippen LogP) is 5.51. The molecule has 5 rings (SSSR count). The van der Waals surface area contributed by atoms with Crippen molar-refractivity contribution in [2.24, 2.45) is 0 Å². The molecule has 5 atom stereocenters. The molecule has 1 saturated heterocycles. The van der Waals surface area contributed by atoms with Crippen LogP contribution in [0.5, 0.6) is 0 Å². The molecule has 4 aromatic rings. The normalized spacial score (nSPS) is 21.8. The Labute approximate surface area is 253 Å². The Bertz CT molecular complexity index is 1370. The van der Waals surface area contributed by atoms with E-state index in [0.717, 1.165) is 22.3 Å². The molecule has 43 heavy (non-hydrogen) atoms. The number of hydrogen-bond donors (Lipinski definition) is 1. The van der Waals surface area contributed by atoms with Gasteiger partial charge in [-0.3, -0.25) is 4.79 Å². The third-order valence-electron chi connectivity index (χ3n) is 7.56. The van der Waals surface area contributed by atoms with Gasteiger partial charge in [-0.1, -0.05) is 121 Å². The highest BCUT2D eigenvalue weighted by atomic mass is 16.7. The lowest BCUT2D eigenvalue weighted by atomic mass is 9.94. The number of ether oxygens (including phenoxy) is 4. The van der Waals surface area contributed by atoms with Crippen molar-refractivity contribution in [1.29, 1.82) is 0 Å². The summed E-state index contributed by atoms with van der Waals surface area (Å²) in [6, 6.07) is 38.4. The summed E-state index contributed by atoms with van der Waals surface area (Å²) in [6.07, 6.45) is -3.34. The maximum absolute atomic E-state index is 13.1. The number of aliphatic hydroxyl groups excluding tert-OH is 1. The summed E-state index contributed by atoms with van der Waals surface area (Å²) in [5, 5.41) is 11.5. The Balaban J connectivity index is 1.44. The van der Waals surface area contributed by atoms with Gasteiger partial charge in [-0.2, -0.15) is 0 Å². The van der Waals surface area contributed by atoms with Gasteiger partial charge in [0.05, 0.1) is 26.4 Å². The van der Waals surface area contributed by atoms with Crippen LogP contribution in [0.3, 0.4) is 0 Å². The first-order valence-electron chi connectivity index (χ1n) is 14.7. The fourth-order valence-corrected chi connectivity index (χ4v) is 5.37. The van der Waals surface area contributed by atoms with Crippen LogP contribution in [-0.4, -0.2) is 53.2 Å². The molecule has 1 N–H and O–H groups in total. The molecule has 0 bridgehead atoms. The monoisotopic (exact) mass is 581 g/mol. The molecule has 0 spiro atoms.